The Bertz CT molecular complexity index is 287. The van der Waals surface area contributed by atoms with Crippen molar-refractivity contribution in [3.05, 3.63) is 12.2 Å². The Balaban J connectivity index is 2.49. The molecule has 4 atom stereocenters. The first kappa shape index (κ1) is 14.3. The van der Waals surface area contributed by atoms with Crippen molar-refractivity contribution < 1.29 is 24.9 Å². The van der Waals surface area contributed by atoms with Crippen molar-refractivity contribution in [3.63, 3.8) is 0 Å². The highest BCUT2D eigenvalue weighted by molar-refractivity contribution is 5.90. The van der Waals surface area contributed by atoms with Crippen LogP contribution in [-0.4, -0.2) is 52.1 Å². The third-order valence-corrected chi connectivity index (χ3v) is 2.68. The summed E-state index contributed by atoms with van der Waals surface area (Å²) in [5.74, 6) is 0.120. The van der Waals surface area contributed by atoms with Crippen LogP contribution in [0.15, 0.2) is 12.2 Å². The summed E-state index contributed by atoms with van der Waals surface area (Å²) in [5, 5.41) is 28.3. The average Bonchev–Trinajstić information content (AvgIpc) is 2.27. The average molecular weight is 244 g/mol. The summed E-state index contributed by atoms with van der Waals surface area (Å²) in [6.07, 6.45) is -1.10. The topological polar surface area (TPSA) is 87.0 Å². The van der Waals surface area contributed by atoms with Gasteiger partial charge in [0, 0.05) is 6.42 Å². The van der Waals surface area contributed by atoms with Gasteiger partial charge in [0.1, 0.15) is 18.3 Å². The van der Waals surface area contributed by atoms with E-state index in [2.05, 4.69) is 0 Å². The minimum atomic E-state index is -1.25. The SMILES string of the molecule is CC(C)/C=C/C(=O)C[C@@H]1OC[C@@H](O)[C@H](O)[C@H]1O. The van der Waals surface area contributed by atoms with Gasteiger partial charge in [-0.2, -0.15) is 0 Å². The second kappa shape index (κ2) is 6.26. The summed E-state index contributed by atoms with van der Waals surface area (Å²) in [7, 11) is 0. The molecule has 5 nitrogen and oxygen atoms in total. The van der Waals surface area contributed by atoms with Crippen LogP contribution in [0.1, 0.15) is 20.3 Å². The highest BCUT2D eigenvalue weighted by atomic mass is 16.5. The number of ketones is 1. The molecule has 1 rings (SSSR count). The number of hydrogen-bond acceptors (Lipinski definition) is 5. The van der Waals surface area contributed by atoms with E-state index in [0.717, 1.165) is 0 Å². The number of aliphatic hydroxyl groups is 3. The van der Waals surface area contributed by atoms with E-state index in [-0.39, 0.29) is 24.7 Å². The van der Waals surface area contributed by atoms with Gasteiger partial charge in [-0.15, -0.1) is 0 Å². The molecule has 1 fully saturated rings. The van der Waals surface area contributed by atoms with Crippen LogP contribution in [0.3, 0.4) is 0 Å². The molecule has 0 spiro atoms. The molecule has 3 N–H and O–H groups in total. The molecule has 0 bridgehead atoms. The molecule has 1 saturated heterocycles. The molecular formula is C12H20O5. The maximum absolute atomic E-state index is 11.5. The number of carbonyl (C=O) groups excluding carboxylic acids is 1. The van der Waals surface area contributed by atoms with Crippen LogP contribution < -0.4 is 0 Å². The van der Waals surface area contributed by atoms with Gasteiger partial charge in [-0.1, -0.05) is 19.9 Å². The summed E-state index contributed by atoms with van der Waals surface area (Å²) in [5.41, 5.74) is 0. The van der Waals surface area contributed by atoms with Gasteiger partial charge in [-0.05, 0) is 12.0 Å². The van der Waals surface area contributed by atoms with Gasteiger partial charge >= 0.3 is 0 Å². The molecule has 17 heavy (non-hydrogen) atoms. The molecule has 5 heteroatoms. The first-order valence-corrected chi connectivity index (χ1v) is 5.78. The minimum Gasteiger partial charge on any atom is -0.388 e. The number of carbonyl (C=O) groups is 1. The van der Waals surface area contributed by atoms with Gasteiger partial charge in [-0.3, -0.25) is 4.79 Å². The molecule has 0 aromatic heterocycles. The van der Waals surface area contributed by atoms with Gasteiger partial charge in [0.25, 0.3) is 0 Å². The van der Waals surface area contributed by atoms with Crippen LogP contribution in [0.2, 0.25) is 0 Å². The molecule has 1 aliphatic heterocycles. The summed E-state index contributed by atoms with van der Waals surface area (Å²) in [4.78, 5) is 11.5. The predicted molar refractivity (Wildman–Crippen MR) is 61.4 cm³/mol. The number of hydrogen-bond donors (Lipinski definition) is 3. The molecule has 0 aromatic carbocycles. The maximum atomic E-state index is 11.5. The number of allylic oxidation sites excluding steroid dienone is 2. The predicted octanol–water partition coefficient (Wildman–Crippen LogP) is -0.361. The van der Waals surface area contributed by atoms with Crippen molar-refractivity contribution in [2.75, 3.05) is 6.61 Å². The molecule has 0 amide bonds. The first-order chi connectivity index (χ1) is 7.91. The van der Waals surface area contributed by atoms with E-state index < -0.39 is 24.4 Å². The second-order valence-electron chi connectivity index (χ2n) is 4.69. The Kier molecular flexibility index (Phi) is 5.27. The normalized spacial score (nSPS) is 34.5. The zero-order valence-corrected chi connectivity index (χ0v) is 10.1. The zero-order valence-electron chi connectivity index (χ0n) is 10.1. The highest BCUT2D eigenvalue weighted by Gasteiger charge is 2.37. The Labute approximate surface area is 101 Å². The smallest absolute Gasteiger partial charge is 0.158 e. The van der Waals surface area contributed by atoms with E-state index in [1.54, 1.807) is 6.08 Å². The monoisotopic (exact) mass is 244 g/mol. The first-order valence-electron chi connectivity index (χ1n) is 5.78. The van der Waals surface area contributed by atoms with Crippen molar-refractivity contribution in [2.45, 2.75) is 44.7 Å². The summed E-state index contributed by atoms with van der Waals surface area (Å²) in [6.45, 7) is 3.84. The number of ether oxygens (including phenoxy) is 1. The lowest BCUT2D eigenvalue weighted by molar-refractivity contribution is -0.188. The zero-order chi connectivity index (χ0) is 13.0. The molecule has 0 aliphatic carbocycles. The Morgan fingerprint density at radius 2 is 2.00 bits per heavy atom. The van der Waals surface area contributed by atoms with E-state index in [0.29, 0.717) is 0 Å². The lowest BCUT2D eigenvalue weighted by Gasteiger charge is -2.34. The van der Waals surface area contributed by atoms with Crippen LogP contribution in [0, 0.1) is 5.92 Å². The lowest BCUT2D eigenvalue weighted by atomic mass is 9.96. The van der Waals surface area contributed by atoms with Gasteiger partial charge < -0.3 is 20.1 Å². The molecule has 1 aliphatic rings. The summed E-state index contributed by atoms with van der Waals surface area (Å²) >= 11 is 0. The van der Waals surface area contributed by atoms with Crippen molar-refractivity contribution in [1.29, 1.82) is 0 Å². The second-order valence-corrected chi connectivity index (χ2v) is 4.69. The van der Waals surface area contributed by atoms with E-state index >= 15 is 0 Å². The quantitative estimate of drug-likeness (QED) is 0.588. The molecular weight excluding hydrogens is 224 g/mol. The van der Waals surface area contributed by atoms with Gasteiger partial charge in [0.15, 0.2) is 5.78 Å². The van der Waals surface area contributed by atoms with Gasteiger partial charge in [0.05, 0.1) is 12.7 Å². The molecule has 98 valence electrons. The van der Waals surface area contributed by atoms with Crippen LogP contribution in [0.4, 0.5) is 0 Å². The number of rotatable bonds is 4. The third-order valence-electron chi connectivity index (χ3n) is 2.68. The maximum Gasteiger partial charge on any atom is 0.158 e. The highest BCUT2D eigenvalue weighted by Crippen LogP contribution is 2.18. The van der Waals surface area contributed by atoms with Crippen LogP contribution in [0.5, 0.6) is 0 Å². The van der Waals surface area contributed by atoms with Gasteiger partial charge in [0.2, 0.25) is 0 Å². The van der Waals surface area contributed by atoms with E-state index in [1.807, 2.05) is 13.8 Å². The minimum absolute atomic E-state index is 0.00810. The molecule has 1 heterocycles. The van der Waals surface area contributed by atoms with E-state index in [9.17, 15) is 20.1 Å². The fourth-order valence-corrected chi connectivity index (χ4v) is 1.61. The third kappa shape index (κ3) is 4.20. The fraction of sp³-hybridized carbons (Fsp3) is 0.750. The van der Waals surface area contributed by atoms with Crippen LogP contribution in [-0.2, 0) is 9.53 Å². The molecule has 0 saturated carbocycles. The van der Waals surface area contributed by atoms with E-state index in [1.165, 1.54) is 6.08 Å². The Morgan fingerprint density at radius 3 is 2.59 bits per heavy atom. The summed E-state index contributed by atoms with van der Waals surface area (Å²) < 4.78 is 5.14. The largest absolute Gasteiger partial charge is 0.388 e. The van der Waals surface area contributed by atoms with Gasteiger partial charge in [-0.25, -0.2) is 0 Å². The van der Waals surface area contributed by atoms with Crippen LogP contribution in [0.25, 0.3) is 0 Å². The number of aliphatic hydroxyl groups excluding tert-OH is 3. The Morgan fingerprint density at radius 1 is 1.35 bits per heavy atom. The fourth-order valence-electron chi connectivity index (χ4n) is 1.61. The molecule has 0 unspecified atom stereocenters. The van der Waals surface area contributed by atoms with Crippen molar-refractivity contribution in [1.82, 2.24) is 0 Å². The standard InChI is InChI=1S/C12H20O5/c1-7(2)3-4-8(13)5-10-12(16)11(15)9(14)6-17-10/h3-4,7,9-12,14-16H,5-6H2,1-2H3/b4-3+/t9-,10+,11+,12+/m1/s1. The van der Waals surface area contributed by atoms with Crippen molar-refractivity contribution in [3.8, 4) is 0 Å². The lowest BCUT2D eigenvalue weighted by Crippen LogP contribution is -2.53. The van der Waals surface area contributed by atoms with Crippen molar-refractivity contribution in [2.24, 2.45) is 5.92 Å². The van der Waals surface area contributed by atoms with Crippen molar-refractivity contribution >= 4 is 5.78 Å². The summed E-state index contributed by atoms with van der Waals surface area (Å²) in [6, 6.07) is 0. The van der Waals surface area contributed by atoms with E-state index in [4.69, 9.17) is 4.74 Å². The van der Waals surface area contributed by atoms with Crippen LogP contribution >= 0.6 is 0 Å². The Hall–Kier alpha value is -0.750. The molecule has 0 aromatic rings. The molecule has 0 radical (unpaired) electrons.